The van der Waals surface area contributed by atoms with Gasteiger partial charge in [-0.2, -0.15) is 0 Å². The van der Waals surface area contributed by atoms with Crippen molar-refractivity contribution in [1.82, 2.24) is 19.7 Å². The highest BCUT2D eigenvalue weighted by Crippen LogP contribution is 2.45. The van der Waals surface area contributed by atoms with Gasteiger partial charge >= 0.3 is 0 Å². The van der Waals surface area contributed by atoms with E-state index in [-0.39, 0.29) is 17.4 Å². The molecule has 3 aliphatic rings. The van der Waals surface area contributed by atoms with Crippen LogP contribution in [0.15, 0.2) is 24.5 Å². The minimum atomic E-state index is -0.0278. The average Bonchev–Trinajstić information content (AvgIpc) is 3.23. The number of rotatable bonds is 2. The van der Waals surface area contributed by atoms with Crippen LogP contribution < -0.4 is 0 Å². The Bertz CT molecular complexity index is 679. The second kappa shape index (κ2) is 7.58. The number of nitrogens with zero attached hydrogens (tertiary/aromatic N) is 4. The molecule has 1 aromatic rings. The van der Waals surface area contributed by atoms with E-state index in [1.54, 1.807) is 18.5 Å². The van der Waals surface area contributed by atoms with E-state index in [2.05, 4.69) is 21.8 Å². The maximum absolute atomic E-state index is 13.3. The molecule has 27 heavy (non-hydrogen) atoms. The monoisotopic (exact) mass is 370 g/mol. The molecule has 0 N–H and O–H groups in total. The number of likely N-dealkylation sites (N-methyl/N-ethyl adjacent to an activating group) is 1. The standard InChI is InChI=1S/C21H30N4O2/c1-23-11-5-7-21(18(23)20(27)24-12-2-3-13-24)8-14-25(15-9-21)19(26)17-6-4-10-22-16-17/h4,6,10,16,18H,2-3,5,7-9,11-15H2,1H3. The van der Waals surface area contributed by atoms with Gasteiger partial charge in [0, 0.05) is 38.6 Å². The summed E-state index contributed by atoms with van der Waals surface area (Å²) >= 11 is 0. The zero-order valence-electron chi connectivity index (χ0n) is 16.3. The van der Waals surface area contributed by atoms with Crippen molar-refractivity contribution in [2.75, 3.05) is 39.8 Å². The molecule has 1 aromatic heterocycles. The Morgan fingerprint density at radius 3 is 2.41 bits per heavy atom. The molecule has 0 radical (unpaired) electrons. The zero-order chi connectivity index (χ0) is 18.9. The number of carbonyl (C=O) groups is 2. The van der Waals surface area contributed by atoms with Crippen LogP contribution in [0.2, 0.25) is 0 Å². The number of pyridine rings is 1. The van der Waals surface area contributed by atoms with Gasteiger partial charge in [0.25, 0.3) is 5.91 Å². The van der Waals surface area contributed by atoms with Gasteiger partial charge in [-0.25, -0.2) is 0 Å². The summed E-state index contributed by atoms with van der Waals surface area (Å²) in [7, 11) is 2.10. The topological polar surface area (TPSA) is 56.8 Å². The van der Waals surface area contributed by atoms with Crippen LogP contribution in [0.1, 0.15) is 48.9 Å². The predicted octanol–water partition coefficient (Wildman–Crippen LogP) is 2.02. The first kappa shape index (κ1) is 18.4. The van der Waals surface area contributed by atoms with Crippen molar-refractivity contribution in [2.45, 2.75) is 44.6 Å². The second-order valence-electron chi connectivity index (χ2n) is 8.42. The lowest BCUT2D eigenvalue weighted by molar-refractivity contribution is -0.145. The minimum absolute atomic E-state index is 0.0123. The van der Waals surface area contributed by atoms with Crippen molar-refractivity contribution >= 4 is 11.8 Å². The molecule has 3 saturated heterocycles. The summed E-state index contributed by atoms with van der Waals surface area (Å²) in [6, 6.07) is 3.60. The number of likely N-dealkylation sites (tertiary alicyclic amines) is 3. The molecule has 1 unspecified atom stereocenters. The first-order chi connectivity index (χ1) is 13.1. The molecule has 4 rings (SSSR count). The Hall–Kier alpha value is -1.95. The highest BCUT2D eigenvalue weighted by atomic mass is 16.2. The number of hydrogen-bond acceptors (Lipinski definition) is 4. The van der Waals surface area contributed by atoms with Crippen molar-refractivity contribution in [3.05, 3.63) is 30.1 Å². The predicted molar refractivity (Wildman–Crippen MR) is 103 cm³/mol. The van der Waals surface area contributed by atoms with Gasteiger partial charge in [-0.15, -0.1) is 0 Å². The molecule has 0 bridgehead atoms. The van der Waals surface area contributed by atoms with Gasteiger partial charge in [-0.05, 0) is 69.7 Å². The van der Waals surface area contributed by atoms with Crippen LogP contribution in [0.3, 0.4) is 0 Å². The summed E-state index contributed by atoms with van der Waals surface area (Å²) in [5.41, 5.74) is 0.664. The van der Waals surface area contributed by atoms with Gasteiger partial charge < -0.3 is 9.80 Å². The second-order valence-corrected chi connectivity index (χ2v) is 8.42. The highest BCUT2D eigenvalue weighted by Gasteiger charge is 2.50. The zero-order valence-corrected chi connectivity index (χ0v) is 16.3. The van der Waals surface area contributed by atoms with Gasteiger partial charge in [0.15, 0.2) is 0 Å². The van der Waals surface area contributed by atoms with Crippen molar-refractivity contribution in [3.8, 4) is 0 Å². The molecule has 3 aliphatic heterocycles. The fourth-order valence-electron chi connectivity index (χ4n) is 5.33. The first-order valence-electron chi connectivity index (χ1n) is 10.3. The van der Waals surface area contributed by atoms with Crippen LogP contribution in [0.5, 0.6) is 0 Å². The average molecular weight is 370 g/mol. The van der Waals surface area contributed by atoms with Gasteiger partial charge in [-0.3, -0.25) is 19.5 Å². The number of aromatic nitrogens is 1. The number of hydrogen-bond donors (Lipinski definition) is 0. The summed E-state index contributed by atoms with van der Waals surface area (Å²) in [6.45, 7) is 4.26. The lowest BCUT2D eigenvalue weighted by Gasteiger charge is -2.52. The van der Waals surface area contributed by atoms with E-state index in [1.165, 1.54) is 0 Å². The quantitative estimate of drug-likeness (QED) is 0.799. The van der Waals surface area contributed by atoms with E-state index >= 15 is 0 Å². The fraction of sp³-hybridized carbons (Fsp3) is 0.667. The van der Waals surface area contributed by atoms with Gasteiger partial charge in [0.2, 0.25) is 5.91 Å². The number of carbonyl (C=O) groups excluding carboxylic acids is 2. The van der Waals surface area contributed by atoms with Crippen molar-refractivity contribution in [3.63, 3.8) is 0 Å². The highest BCUT2D eigenvalue weighted by molar-refractivity contribution is 5.94. The number of amides is 2. The van der Waals surface area contributed by atoms with Crippen LogP contribution in [-0.2, 0) is 4.79 Å². The Balaban J connectivity index is 1.49. The van der Waals surface area contributed by atoms with Crippen LogP contribution in [0, 0.1) is 5.41 Å². The third-order valence-electron chi connectivity index (χ3n) is 6.81. The summed E-state index contributed by atoms with van der Waals surface area (Å²) < 4.78 is 0. The summed E-state index contributed by atoms with van der Waals surface area (Å²) in [5, 5.41) is 0. The maximum Gasteiger partial charge on any atom is 0.255 e. The van der Waals surface area contributed by atoms with E-state index in [4.69, 9.17) is 0 Å². The smallest absolute Gasteiger partial charge is 0.255 e. The Morgan fingerprint density at radius 1 is 1.00 bits per heavy atom. The Labute approximate surface area is 161 Å². The maximum atomic E-state index is 13.3. The third kappa shape index (κ3) is 3.47. The van der Waals surface area contributed by atoms with Crippen LogP contribution in [0.4, 0.5) is 0 Å². The molecular formula is C21H30N4O2. The molecule has 3 fully saturated rings. The molecule has 2 amide bonds. The van der Waals surface area contributed by atoms with Crippen molar-refractivity contribution < 1.29 is 9.59 Å². The minimum Gasteiger partial charge on any atom is -0.341 e. The molecule has 6 nitrogen and oxygen atoms in total. The molecule has 0 aromatic carbocycles. The molecule has 6 heteroatoms. The summed E-state index contributed by atoms with van der Waals surface area (Å²) in [6.07, 6.45) is 9.63. The van der Waals surface area contributed by atoms with Crippen LogP contribution in [0.25, 0.3) is 0 Å². The molecule has 4 heterocycles. The van der Waals surface area contributed by atoms with E-state index in [9.17, 15) is 9.59 Å². The van der Waals surface area contributed by atoms with E-state index in [0.717, 1.165) is 71.2 Å². The van der Waals surface area contributed by atoms with Gasteiger partial charge in [-0.1, -0.05) is 0 Å². The lowest BCUT2D eigenvalue weighted by Crippen LogP contribution is -2.61. The van der Waals surface area contributed by atoms with Crippen LogP contribution >= 0.6 is 0 Å². The van der Waals surface area contributed by atoms with E-state index in [0.29, 0.717) is 11.5 Å². The molecular weight excluding hydrogens is 340 g/mol. The fourth-order valence-corrected chi connectivity index (χ4v) is 5.33. The van der Waals surface area contributed by atoms with Gasteiger partial charge in [0.1, 0.15) is 0 Å². The van der Waals surface area contributed by atoms with Crippen molar-refractivity contribution in [1.29, 1.82) is 0 Å². The van der Waals surface area contributed by atoms with Gasteiger partial charge in [0.05, 0.1) is 11.6 Å². The SMILES string of the molecule is CN1CCCC2(CCN(C(=O)c3cccnc3)CC2)C1C(=O)N1CCCC1. The summed E-state index contributed by atoms with van der Waals surface area (Å²) in [5.74, 6) is 0.381. The largest absolute Gasteiger partial charge is 0.341 e. The summed E-state index contributed by atoms with van der Waals surface area (Å²) in [4.78, 5) is 36.4. The molecule has 146 valence electrons. The Morgan fingerprint density at radius 2 is 1.74 bits per heavy atom. The van der Waals surface area contributed by atoms with E-state index in [1.807, 2.05) is 11.0 Å². The van der Waals surface area contributed by atoms with Crippen LogP contribution in [-0.4, -0.2) is 77.3 Å². The Kier molecular flexibility index (Phi) is 5.17. The lowest BCUT2D eigenvalue weighted by atomic mass is 9.66. The number of piperidine rings is 2. The molecule has 1 atom stereocenters. The van der Waals surface area contributed by atoms with Crippen molar-refractivity contribution in [2.24, 2.45) is 5.41 Å². The third-order valence-corrected chi connectivity index (χ3v) is 6.81. The molecule has 1 spiro atoms. The van der Waals surface area contributed by atoms with E-state index < -0.39 is 0 Å². The normalized spacial score (nSPS) is 25.7. The first-order valence-corrected chi connectivity index (χ1v) is 10.3. The molecule has 0 saturated carbocycles. The molecule has 0 aliphatic carbocycles.